The average molecular weight is 417 g/mol. The molecule has 7 heteroatoms. The molecule has 5 nitrogen and oxygen atoms in total. The number of hydrogen-bond acceptors (Lipinski definition) is 5. The maximum Gasteiger partial charge on any atom is 0.244 e. The van der Waals surface area contributed by atoms with E-state index in [0.717, 1.165) is 24.1 Å². The number of halogens is 2. The highest BCUT2D eigenvalue weighted by Gasteiger charge is 2.13. The van der Waals surface area contributed by atoms with Crippen LogP contribution in [0.2, 0.25) is 5.15 Å². The molecule has 0 fully saturated rings. The minimum atomic E-state index is -0.208. The molecule has 21 heavy (non-hydrogen) atoms. The zero-order chi connectivity index (χ0) is 15.4. The van der Waals surface area contributed by atoms with Crippen LogP contribution >= 0.6 is 34.2 Å². The molecule has 0 spiro atoms. The molecule has 2 aromatic heterocycles. The van der Waals surface area contributed by atoms with Crippen molar-refractivity contribution in [2.45, 2.75) is 26.7 Å². The van der Waals surface area contributed by atoms with Crippen molar-refractivity contribution in [3.63, 3.8) is 0 Å². The molecule has 0 atom stereocenters. The molecule has 0 radical (unpaired) electrons. The summed E-state index contributed by atoms with van der Waals surface area (Å²) in [5.74, 6) is 0.668. The molecular weight excluding hydrogens is 403 g/mol. The van der Waals surface area contributed by atoms with E-state index < -0.39 is 0 Å². The summed E-state index contributed by atoms with van der Waals surface area (Å²) in [4.78, 5) is 16.1. The molecule has 0 saturated heterocycles. The zero-order valence-corrected chi connectivity index (χ0v) is 14.6. The van der Waals surface area contributed by atoms with E-state index >= 15 is 0 Å². The molecule has 2 aromatic rings. The Bertz CT molecular complexity index is 678. The topological polar surface area (TPSA) is 67.8 Å². The van der Waals surface area contributed by atoms with Crippen LogP contribution in [0.5, 0.6) is 0 Å². The van der Waals surface area contributed by atoms with Crippen LogP contribution in [0.3, 0.4) is 0 Å². The number of aromatic nitrogens is 3. The van der Waals surface area contributed by atoms with Crippen molar-refractivity contribution in [2.75, 3.05) is 5.32 Å². The lowest BCUT2D eigenvalue weighted by Crippen LogP contribution is -2.05. The third-order valence-electron chi connectivity index (χ3n) is 2.74. The summed E-state index contributed by atoms with van der Waals surface area (Å²) in [7, 11) is 0. The third kappa shape index (κ3) is 4.34. The highest BCUT2D eigenvalue weighted by atomic mass is 127. The smallest absolute Gasteiger partial charge is 0.244 e. The predicted molar refractivity (Wildman–Crippen MR) is 91.6 cm³/mol. The van der Waals surface area contributed by atoms with Crippen molar-refractivity contribution in [2.24, 2.45) is 0 Å². The zero-order valence-electron chi connectivity index (χ0n) is 11.7. The standard InChI is InChI=1S/C14H14ClIN4O/c1-3-4-9-5-8(2)6-12(17-9)18-10-7-11(15)19-20-13(10)14(16)21/h5-7H,3-4H2,1-2H3,(H,17,18,19). The van der Waals surface area contributed by atoms with E-state index in [2.05, 4.69) is 33.5 Å². The first kappa shape index (κ1) is 16.1. The lowest BCUT2D eigenvalue weighted by atomic mass is 10.2. The minimum Gasteiger partial charge on any atom is -0.338 e. The van der Waals surface area contributed by atoms with Crippen LogP contribution in [0.25, 0.3) is 0 Å². The number of anilines is 2. The average Bonchev–Trinajstić information content (AvgIpc) is 2.38. The minimum absolute atomic E-state index is 0.208. The number of nitrogens with one attached hydrogen (secondary N) is 1. The quantitative estimate of drug-likeness (QED) is 0.587. The van der Waals surface area contributed by atoms with Crippen molar-refractivity contribution < 1.29 is 4.79 Å². The van der Waals surface area contributed by atoms with Gasteiger partial charge in [-0.2, -0.15) is 0 Å². The van der Waals surface area contributed by atoms with Gasteiger partial charge in [0.15, 0.2) is 10.8 Å². The molecule has 0 aliphatic carbocycles. The Balaban J connectivity index is 2.37. The second-order valence-corrected chi connectivity index (χ2v) is 5.97. The van der Waals surface area contributed by atoms with Crippen LogP contribution in [0.4, 0.5) is 11.5 Å². The first-order valence-electron chi connectivity index (χ1n) is 6.47. The van der Waals surface area contributed by atoms with Gasteiger partial charge in [0.25, 0.3) is 0 Å². The van der Waals surface area contributed by atoms with Crippen LogP contribution in [0.15, 0.2) is 18.2 Å². The molecule has 2 rings (SSSR count). The van der Waals surface area contributed by atoms with Crippen LogP contribution < -0.4 is 5.32 Å². The number of carbonyl (C=O) groups is 1. The molecule has 2 heterocycles. The summed E-state index contributed by atoms with van der Waals surface area (Å²) >= 11 is 7.52. The second kappa shape index (κ2) is 7.13. The van der Waals surface area contributed by atoms with Gasteiger partial charge in [0.05, 0.1) is 5.69 Å². The van der Waals surface area contributed by atoms with E-state index in [1.165, 1.54) is 0 Å². The number of carbonyl (C=O) groups excluding carboxylic acids is 1. The highest BCUT2D eigenvalue weighted by Crippen LogP contribution is 2.23. The monoisotopic (exact) mass is 416 g/mol. The lowest BCUT2D eigenvalue weighted by Gasteiger charge is -2.10. The van der Waals surface area contributed by atoms with Crippen LogP contribution in [-0.2, 0) is 6.42 Å². The Morgan fingerprint density at radius 3 is 2.76 bits per heavy atom. The molecule has 0 aliphatic heterocycles. The number of pyridine rings is 1. The van der Waals surface area contributed by atoms with Crippen LogP contribution in [0.1, 0.15) is 35.1 Å². The molecule has 0 aliphatic rings. The van der Waals surface area contributed by atoms with E-state index in [1.54, 1.807) is 28.7 Å². The third-order valence-corrected chi connectivity index (χ3v) is 3.44. The molecule has 0 bridgehead atoms. The molecular formula is C14H14ClIN4O. The number of hydrogen-bond donors (Lipinski definition) is 1. The van der Waals surface area contributed by atoms with Gasteiger partial charge < -0.3 is 5.32 Å². The van der Waals surface area contributed by atoms with Gasteiger partial charge in [0.2, 0.25) is 3.79 Å². The Morgan fingerprint density at radius 2 is 2.10 bits per heavy atom. The van der Waals surface area contributed by atoms with Gasteiger partial charge >= 0.3 is 0 Å². The van der Waals surface area contributed by atoms with Crippen molar-refractivity contribution in [1.82, 2.24) is 15.2 Å². The van der Waals surface area contributed by atoms with E-state index in [0.29, 0.717) is 11.5 Å². The molecule has 0 unspecified atom stereocenters. The summed E-state index contributed by atoms with van der Waals surface area (Å²) in [6, 6.07) is 5.54. The number of rotatable bonds is 5. The molecule has 0 saturated carbocycles. The molecule has 110 valence electrons. The van der Waals surface area contributed by atoms with Crippen LogP contribution in [0, 0.1) is 6.92 Å². The van der Waals surface area contributed by atoms with Gasteiger partial charge in [-0.15, -0.1) is 10.2 Å². The van der Waals surface area contributed by atoms with Gasteiger partial charge in [-0.25, -0.2) is 4.98 Å². The summed E-state index contributed by atoms with van der Waals surface area (Å²) in [6.45, 7) is 4.12. The van der Waals surface area contributed by atoms with E-state index in [4.69, 9.17) is 11.6 Å². The van der Waals surface area contributed by atoms with Crippen molar-refractivity contribution >= 4 is 49.5 Å². The largest absolute Gasteiger partial charge is 0.338 e. The molecule has 0 aromatic carbocycles. The van der Waals surface area contributed by atoms with E-state index in [1.807, 2.05) is 13.0 Å². The van der Waals surface area contributed by atoms with E-state index in [9.17, 15) is 4.79 Å². The number of aryl methyl sites for hydroxylation is 2. The first-order valence-corrected chi connectivity index (χ1v) is 7.93. The molecule has 1 N–H and O–H groups in total. The summed E-state index contributed by atoms with van der Waals surface area (Å²) in [5.41, 5.74) is 2.86. The second-order valence-electron chi connectivity index (χ2n) is 4.60. The highest BCUT2D eigenvalue weighted by molar-refractivity contribution is 14.1. The summed E-state index contributed by atoms with van der Waals surface area (Å²) in [5, 5.41) is 10.9. The van der Waals surface area contributed by atoms with Gasteiger partial charge in [-0.3, -0.25) is 4.79 Å². The van der Waals surface area contributed by atoms with Crippen molar-refractivity contribution in [3.05, 3.63) is 40.3 Å². The van der Waals surface area contributed by atoms with Crippen LogP contribution in [-0.4, -0.2) is 19.0 Å². The summed E-state index contributed by atoms with van der Waals surface area (Å²) < 4.78 is -0.208. The maximum atomic E-state index is 11.6. The lowest BCUT2D eigenvalue weighted by molar-refractivity contribution is 0.110. The fourth-order valence-corrected chi connectivity index (χ4v) is 2.48. The van der Waals surface area contributed by atoms with Crippen molar-refractivity contribution in [1.29, 1.82) is 0 Å². The first-order chi connectivity index (χ1) is 9.99. The molecule has 0 amide bonds. The Hall–Kier alpha value is -1.28. The predicted octanol–water partition coefficient (Wildman–Crippen LogP) is 4.10. The fourth-order valence-electron chi connectivity index (χ4n) is 1.93. The SMILES string of the molecule is CCCc1cc(C)cc(Nc2cc(Cl)nnc2C(=O)I)n1. The van der Waals surface area contributed by atoms with E-state index in [-0.39, 0.29) is 14.6 Å². The number of nitrogens with zero attached hydrogens (tertiary/aromatic N) is 3. The summed E-state index contributed by atoms with van der Waals surface area (Å²) in [6.07, 6.45) is 1.93. The Kier molecular flexibility index (Phi) is 5.46. The van der Waals surface area contributed by atoms with Gasteiger partial charge in [-0.1, -0.05) is 24.9 Å². The maximum absolute atomic E-state index is 11.6. The van der Waals surface area contributed by atoms with Gasteiger partial charge in [0.1, 0.15) is 5.82 Å². The normalized spacial score (nSPS) is 10.5. The van der Waals surface area contributed by atoms with Gasteiger partial charge in [0, 0.05) is 34.4 Å². The van der Waals surface area contributed by atoms with Gasteiger partial charge in [-0.05, 0) is 31.0 Å². The van der Waals surface area contributed by atoms with Crippen molar-refractivity contribution in [3.8, 4) is 0 Å². The Labute approximate surface area is 141 Å². The fraction of sp³-hybridized carbons (Fsp3) is 0.286. The Morgan fingerprint density at radius 1 is 1.33 bits per heavy atom.